The molecular weight excluding hydrogens is 137 g/mol. The normalized spacial score (nSPS) is 16.1. The molecule has 0 spiro atoms. The minimum absolute atomic E-state index is 0.336. The zero-order chi connectivity index (χ0) is 6.57. The molecule has 0 aliphatic rings. The van der Waals surface area contributed by atoms with Gasteiger partial charge in [-0.1, -0.05) is 0 Å². The van der Waals surface area contributed by atoms with E-state index in [1.807, 2.05) is 0 Å². The molecule has 1 atom stereocenters. The van der Waals surface area contributed by atoms with E-state index in [0.717, 1.165) is 0 Å². The fraction of sp³-hybridized carbons (Fsp3) is 1.00. The molecule has 0 saturated heterocycles. The van der Waals surface area contributed by atoms with Crippen LogP contribution in [0.25, 0.3) is 0 Å². The topological polar surface area (TPSA) is 20.2 Å². The lowest BCUT2D eigenvalue weighted by Gasteiger charge is -2.01. The molecule has 0 heterocycles. The van der Waals surface area contributed by atoms with Crippen molar-refractivity contribution in [3.05, 3.63) is 0 Å². The first-order valence-corrected chi connectivity index (χ1v) is 3.84. The van der Waals surface area contributed by atoms with Gasteiger partial charge in [-0.25, -0.2) is 13.2 Å². The summed E-state index contributed by atoms with van der Waals surface area (Å²) < 4.78 is 34.0. The number of rotatable bonds is 3. The van der Waals surface area contributed by atoms with Crippen LogP contribution in [0.15, 0.2) is 0 Å². The number of alkyl halides is 3. The lowest BCUT2D eigenvalue weighted by atomic mass is 10.5. The van der Waals surface area contributed by atoms with E-state index in [9.17, 15) is 13.2 Å². The molecule has 1 N–H and O–H groups in total. The Morgan fingerprint density at radius 3 is 2.00 bits per heavy atom. The lowest BCUT2D eigenvalue weighted by molar-refractivity contribution is 0.0593. The Balaban J connectivity index is 3.17. The molecule has 0 aromatic rings. The minimum Gasteiger partial charge on any atom is -0.438 e. The van der Waals surface area contributed by atoms with Crippen LogP contribution in [0.3, 0.4) is 0 Å². The molecule has 0 aliphatic heterocycles. The number of hydrogen-bond donors (Lipinski definition) is 1. The van der Waals surface area contributed by atoms with E-state index in [-0.39, 0.29) is 6.04 Å². The van der Waals surface area contributed by atoms with E-state index in [1.54, 1.807) is 0 Å². The molecule has 0 fully saturated rings. The fourth-order valence-electron chi connectivity index (χ4n) is 0.249. The molecular formula is C3H7F3OSi. The molecule has 0 amide bonds. The van der Waals surface area contributed by atoms with Gasteiger partial charge in [0, 0.05) is 0 Å². The van der Waals surface area contributed by atoms with Gasteiger partial charge in [0.2, 0.25) is 0 Å². The Hall–Kier alpha value is -0.0331. The smallest absolute Gasteiger partial charge is 0.269 e. The van der Waals surface area contributed by atoms with Crippen molar-refractivity contribution >= 4 is 9.76 Å². The highest BCUT2D eigenvalue weighted by Crippen LogP contribution is 2.08. The van der Waals surface area contributed by atoms with Crippen LogP contribution >= 0.6 is 0 Å². The maximum atomic E-state index is 11.7. The van der Waals surface area contributed by atoms with E-state index >= 15 is 0 Å². The summed E-state index contributed by atoms with van der Waals surface area (Å²) in [5, 5.41) is 0. The van der Waals surface area contributed by atoms with Gasteiger partial charge in [0.05, 0.1) is 0 Å². The van der Waals surface area contributed by atoms with E-state index in [0.29, 0.717) is 0 Å². The van der Waals surface area contributed by atoms with Gasteiger partial charge in [-0.05, 0) is 6.04 Å². The van der Waals surface area contributed by atoms with Gasteiger partial charge in [-0.3, -0.25) is 0 Å². The van der Waals surface area contributed by atoms with Crippen LogP contribution in [0, 0.1) is 0 Å². The van der Waals surface area contributed by atoms with Crippen molar-refractivity contribution in [3.63, 3.8) is 0 Å². The van der Waals surface area contributed by atoms with Gasteiger partial charge < -0.3 is 4.80 Å². The molecule has 1 nitrogen and oxygen atoms in total. The minimum atomic E-state index is -2.92. The van der Waals surface area contributed by atoms with Crippen LogP contribution in [0.4, 0.5) is 13.2 Å². The van der Waals surface area contributed by atoms with Gasteiger partial charge in [-0.15, -0.1) is 0 Å². The summed E-state index contributed by atoms with van der Waals surface area (Å²) in [7, 11) is -1.53. The summed E-state index contributed by atoms with van der Waals surface area (Å²) in [6, 6.07) is -0.336. The molecule has 5 heteroatoms. The van der Waals surface area contributed by atoms with Gasteiger partial charge in [-0.2, -0.15) is 0 Å². The first-order valence-electron chi connectivity index (χ1n) is 2.21. The van der Waals surface area contributed by atoms with Gasteiger partial charge in [0.15, 0.2) is 15.9 Å². The van der Waals surface area contributed by atoms with E-state index < -0.39 is 22.4 Å². The summed E-state index contributed by atoms with van der Waals surface area (Å²) >= 11 is 0. The van der Waals surface area contributed by atoms with Crippen LogP contribution in [0.1, 0.15) is 0 Å². The monoisotopic (exact) mass is 144 g/mol. The van der Waals surface area contributed by atoms with Crippen molar-refractivity contribution in [2.75, 3.05) is 0 Å². The van der Waals surface area contributed by atoms with Crippen molar-refractivity contribution in [2.24, 2.45) is 0 Å². The first-order chi connectivity index (χ1) is 3.68. The molecule has 0 bridgehead atoms. The second kappa shape index (κ2) is 3.91. The predicted molar refractivity (Wildman–Crippen MR) is 26.5 cm³/mol. The van der Waals surface area contributed by atoms with Crippen molar-refractivity contribution in [3.8, 4) is 0 Å². The van der Waals surface area contributed by atoms with Crippen molar-refractivity contribution in [1.82, 2.24) is 0 Å². The summed E-state index contributed by atoms with van der Waals surface area (Å²) in [6.45, 7) is 0. The molecule has 50 valence electrons. The molecule has 0 aliphatic carbocycles. The van der Waals surface area contributed by atoms with Crippen LogP contribution < -0.4 is 0 Å². The number of halogens is 3. The third kappa shape index (κ3) is 3.03. The first kappa shape index (κ1) is 7.97. The highest BCUT2D eigenvalue weighted by atomic mass is 28.2. The van der Waals surface area contributed by atoms with E-state index in [2.05, 4.69) is 0 Å². The molecule has 0 rings (SSSR count). The standard InChI is InChI=1S/C3H7F3OSi/c4-2(1-8-7)3(5)6/h2-3,7H,1,8H2. The van der Waals surface area contributed by atoms with Crippen LogP contribution in [0.2, 0.25) is 6.04 Å². The maximum Gasteiger partial charge on any atom is 0.269 e. The lowest BCUT2D eigenvalue weighted by Crippen LogP contribution is -2.13. The summed E-state index contributed by atoms with van der Waals surface area (Å²) in [4.78, 5) is 8.05. The van der Waals surface area contributed by atoms with Crippen LogP contribution in [-0.2, 0) is 0 Å². The SMILES string of the molecule is O[SiH2]CC(F)C(F)F. The summed E-state index contributed by atoms with van der Waals surface area (Å²) in [6.07, 6.45) is -5.03. The zero-order valence-corrected chi connectivity index (χ0v) is 5.56. The van der Waals surface area contributed by atoms with Gasteiger partial charge >= 0.3 is 0 Å². The third-order valence-corrected chi connectivity index (χ3v) is 1.49. The maximum absolute atomic E-state index is 11.7. The molecule has 0 aromatic heterocycles. The fourth-order valence-corrected chi connectivity index (χ4v) is 0.748. The second-order valence-electron chi connectivity index (χ2n) is 1.36. The molecule has 0 radical (unpaired) electrons. The number of hydrogen-bond acceptors (Lipinski definition) is 1. The average molecular weight is 144 g/mol. The Morgan fingerprint density at radius 2 is 1.88 bits per heavy atom. The Kier molecular flexibility index (Phi) is 3.89. The predicted octanol–water partition coefficient (Wildman–Crippen LogP) is 0.0840. The second-order valence-corrected chi connectivity index (χ2v) is 2.39. The summed E-state index contributed by atoms with van der Waals surface area (Å²) in [5.41, 5.74) is 0. The van der Waals surface area contributed by atoms with Gasteiger partial charge in [0.25, 0.3) is 6.43 Å². The van der Waals surface area contributed by atoms with Crippen LogP contribution in [-0.4, -0.2) is 27.2 Å². The molecule has 0 aromatic carbocycles. The van der Waals surface area contributed by atoms with Gasteiger partial charge in [0.1, 0.15) is 0 Å². The largest absolute Gasteiger partial charge is 0.438 e. The van der Waals surface area contributed by atoms with Crippen LogP contribution in [0.5, 0.6) is 0 Å². The Labute approximate surface area is 47.5 Å². The van der Waals surface area contributed by atoms with Crippen molar-refractivity contribution < 1.29 is 18.0 Å². The highest BCUT2D eigenvalue weighted by molar-refractivity contribution is 6.25. The highest BCUT2D eigenvalue weighted by Gasteiger charge is 2.17. The quantitative estimate of drug-likeness (QED) is 0.556. The van der Waals surface area contributed by atoms with E-state index in [4.69, 9.17) is 4.80 Å². The molecule has 0 saturated carbocycles. The molecule has 1 unspecified atom stereocenters. The zero-order valence-electron chi connectivity index (χ0n) is 4.15. The molecule has 8 heavy (non-hydrogen) atoms. The summed E-state index contributed by atoms with van der Waals surface area (Å²) in [5.74, 6) is 0. The Morgan fingerprint density at radius 1 is 1.38 bits per heavy atom. The average Bonchev–Trinajstić information content (AvgIpc) is 1.67. The van der Waals surface area contributed by atoms with Crippen molar-refractivity contribution in [2.45, 2.75) is 18.6 Å². The third-order valence-electron chi connectivity index (χ3n) is 0.678. The Bertz CT molecular complexity index is 60.5. The van der Waals surface area contributed by atoms with Crippen molar-refractivity contribution in [1.29, 1.82) is 0 Å². The van der Waals surface area contributed by atoms with E-state index in [1.165, 1.54) is 0 Å².